The van der Waals surface area contributed by atoms with Crippen LogP contribution in [0.2, 0.25) is 5.02 Å². The summed E-state index contributed by atoms with van der Waals surface area (Å²) in [7, 11) is 3.91. The number of halogens is 1. The molecular weight excluding hydrogens is 362 g/mol. The number of hydrogen-bond acceptors (Lipinski definition) is 4. The maximum Gasteiger partial charge on any atom is 0.178 e. The van der Waals surface area contributed by atoms with Gasteiger partial charge in [-0.05, 0) is 64.7 Å². The molecule has 5 nitrogen and oxygen atoms in total. The lowest BCUT2D eigenvalue weighted by Crippen LogP contribution is -2.43. The number of carbonyl (C=O) groups excluding carboxylic acids is 1. The number of ketones is 1. The standard InChI is InChI=1S/C21H28ClN3O2/c1-15-11-19(16(2)25(15)18-7-5-17(22)6-8-18)20(26)12-24-10-9-21(27,14-24)13-23(3)4/h5-8,11,27H,9-10,12-14H2,1-4H3. The van der Waals surface area contributed by atoms with Crippen LogP contribution in [0.4, 0.5) is 0 Å². The molecule has 2 heterocycles. The Hall–Kier alpha value is -1.66. The van der Waals surface area contributed by atoms with Crippen molar-refractivity contribution < 1.29 is 9.90 Å². The number of β-amino-alcohol motifs (C(OH)–C–C–N with tert-alkyl or cyclic N) is 1. The number of Topliss-reactive ketones (excluding diaryl/α,β-unsaturated/α-hetero) is 1. The molecule has 1 aliphatic heterocycles. The number of hydrogen-bond donors (Lipinski definition) is 1. The lowest BCUT2D eigenvalue weighted by atomic mass is 10.0. The van der Waals surface area contributed by atoms with Crippen LogP contribution in [0.25, 0.3) is 5.69 Å². The van der Waals surface area contributed by atoms with E-state index in [0.717, 1.165) is 29.2 Å². The summed E-state index contributed by atoms with van der Waals surface area (Å²) in [6, 6.07) is 9.57. The molecule has 1 unspecified atom stereocenters. The molecule has 1 saturated heterocycles. The first-order valence-electron chi connectivity index (χ1n) is 9.26. The van der Waals surface area contributed by atoms with Gasteiger partial charge in [0.15, 0.2) is 5.78 Å². The average Bonchev–Trinajstić information content (AvgIpc) is 3.07. The molecule has 27 heavy (non-hydrogen) atoms. The third-order valence-electron chi connectivity index (χ3n) is 5.21. The summed E-state index contributed by atoms with van der Waals surface area (Å²) in [6.07, 6.45) is 0.697. The molecule has 6 heteroatoms. The minimum atomic E-state index is -0.732. The van der Waals surface area contributed by atoms with Crippen molar-refractivity contribution in [2.75, 3.05) is 40.3 Å². The molecule has 2 aromatic rings. The van der Waals surface area contributed by atoms with Crippen molar-refractivity contribution in [3.63, 3.8) is 0 Å². The molecule has 0 bridgehead atoms. The quantitative estimate of drug-likeness (QED) is 0.772. The van der Waals surface area contributed by atoms with E-state index >= 15 is 0 Å². The smallest absolute Gasteiger partial charge is 0.178 e. The van der Waals surface area contributed by atoms with Crippen LogP contribution in [-0.4, -0.2) is 71.1 Å². The Morgan fingerprint density at radius 1 is 1.26 bits per heavy atom. The summed E-state index contributed by atoms with van der Waals surface area (Å²) in [5, 5.41) is 11.4. The molecular formula is C21H28ClN3O2. The lowest BCUT2D eigenvalue weighted by Gasteiger charge is -2.26. The van der Waals surface area contributed by atoms with Crippen molar-refractivity contribution in [2.45, 2.75) is 25.9 Å². The molecule has 0 saturated carbocycles. The van der Waals surface area contributed by atoms with Crippen LogP contribution in [0.1, 0.15) is 28.2 Å². The highest BCUT2D eigenvalue weighted by molar-refractivity contribution is 6.30. The fraction of sp³-hybridized carbons (Fsp3) is 0.476. The highest BCUT2D eigenvalue weighted by atomic mass is 35.5. The van der Waals surface area contributed by atoms with Crippen molar-refractivity contribution in [1.82, 2.24) is 14.4 Å². The van der Waals surface area contributed by atoms with Gasteiger partial charge in [-0.1, -0.05) is 11.6 Å². The SMILES string of the molecule is Cc1cc(C(=O)CN2CCC(O)(CN(C)C)C2)c(C)n1-c1ccc(Cl)cc1. The first-order valence-corrected chi connectivity index (χ1v) is 9.64. The van der Waals surface area contributed by atoms with Gasteiger partial charge in [0.05, 0.1) is 12.1 Å². The van der Waals surface area contributed by atoms with Crippen LogP contribution in [0.15, 0.2) is 30.3 Å². The summed E-state index contributed by atoms with van der Waals surface area (Å²) in [5.74, 6) is 0.0948. The van der Waals surface area contributed by atoms with E-state index in [4.69, 9.17) is 11.6 Å². The number of rotatable bonds is 6. The Labute approximate surface area is 166 Å². The zero-order valence-corrected chi connectivity index (χ0v) is 17.3. The van der Waals surface area contributed by atoms with E-state index in [2.05, 4.69) is 9.47 Å². The van der Waals surface area contributed by atoms with Crippen LogP contribution in [0.5, 0.6) is 0 Å². The van der Waals surface area contributed by atoms with Crippen LogP contribution in [0.3, 0.4) is 0 Å². The molecule has 1 aromatic carbocycles. The second kappa shape index (κ2) is 7.76. The van der Waals surface area contributed by atoms with Gasteiger partial charge >= 0.3 is 0 Å². The van der Waals surface area contributed by atoms with Gasteiger partial charge in [-0.15, -0.1) is 0 Å². The summed E-state index contributed by atoms with van der Waals surface area (Å²) in [4.78, 5) is 17.0. The summed E-state index contributed by atoms with van der Waals surface area (Å²) >= 11 is 5.99. The van der Waals surface area contributed by atoms with Crippen LogP contribution in [-0.2, 0) is 0 Å². The largest absolute Gasteiger partial charge is 0.387 e. The maximum absolute atomic E-state index is 12.9. The Bertz CT molecular complexity index is 829. The van der Waals surface area contributed by atoms with Crippen molar-refractivity contribution >= 4 is 17.4 Å². The van der Waals surface area contributed by atoms with E-state index in [0.29, 0.717) is 31.1 Å². The number of likely N-dealkylation sites (tertiary alicyclic amines) is 1. The van der Waals surface area contributed by atoms with E-state index in [1.54, 1.807) is 0 Å². The van der Waals surface area contributed by atoms with E-state index in [1.807, 2.05) is 63.2 Å². The first-order chi connectivity index (χ1) is 12.7. The molecule has 1 aliphatic rings. The minimum Gasteiger partial charge on any atom is -0.387 e. The molecule has 0 amide bonds. The lowest BCUT2D eigenvalue weighted by molar-refractivity contribution is 0.0249. The van der Waals surface area contributed by atoms with Crippen LogP contribution >= 0.6 is 11.6 Å². The Kier molecular flexibility index (Phi) is 5.77. The highest BCUT2D eigenvalue weighted by Gasteiger charge is 2.37. The fourth-order valence-electron chi connectivity index (χ4n) is 4.11. The second-order valence-corrected chi connectivity index (χ2v) is 8.38. The maximum atomic E-state index is 12.9. The predicted octanol–water partition coefficient (Wildman–Crippen LogP) is 2.93. The van der Waals surface area contributed by atoms with E-state index in [9.17, 15) is 9.90 Å². The number of aromatic nitrogens is 1. The highest BCUT2D eigenvalue weighted by Crippen LogP contribution is 2.25. The molecule has 0 spiro atoms. The zero-order chi connectivity index (χ0) is 19.8. The molecule has 3 rings (SSSR count). The number of aryl methyl sites for hydroxylation is 1. The fourth-order valence-corrected chi connectivity index (χ4v) is 4.24. The molecule has 1 atom stereocenters. The van der Waals surface area contributed by atoms with Crippen LogP contribution in [0, 0.1) is 13.8 Å². The van der Waals surface area contributed by atoms with Crippen molar-refractivity contribution in [3.05, 3.63) is 52.3 Å². The molecule has 146 valence electrons. The number of benzene rings is 1. The predicted molar refractivity (Wildman–Crippen MR) is 109 cm³/mol. The Morgan fingerprint density at radius 3 is 2.56 bits per heavy atom. The molecule has 1 fully saturated rings. The molecule has 0 aliphatic carbocycles. The van der Waals surface area contributed by atoms with Crippen molar-refractivity contribution in [2.24, 2.45) is 0 Å². The molecule has 0 radical (unpaired) electrons. The monoisotopic (exact) mass is 389 g/mol. The summed E-state index contributed by atoms with van der Waals surface area (Å²) in [6.45, 7) is 6.20. The van der Waals surface area contributed by atoms with Gasteiger partial charge in [0.1, 0.15) is 0 Å². The number of nitrogens with zero attached hydrogens (tertiary/aromatic N) is 3. The molecule has 1 aromatic heterocycles. The Morgan fingerprint density at radius 2 is 1.93 bits per heavy atom. The zero-order valence-electron chi connectivity index (χ0n) is 16.5. The van der Waals surface area contributed by atoms with Gasteiger partial charge in [0, 0.05) is 47.3 Å². The van der Waals surface area contributed by atoms with Gasteiger partial charge in [0.2, 0.25) is 0 Å². The van der Waals surface area contributed by atoms with Crippen molar-refractivity contribution in [1.29, 1.82) is 0 Å². The van der Waals surface area contributed by atoms with Crippen LogP contribution < -0.4 is 0 Å². The second-order valence-electron chi connectivity index (χ2n) is 7.94. The number of likely N-dealkylation sites (N-methyl/N-ethyl adjacent to an activating group) is 1. The normalized spacial score (nSPS) is 20.6. The van der Waals surface area contributed by atoms with Gasteiger partial charge in [0.25, 0.3) is 0 Å². The van der Waals surface area contributed by atoms with Gasteiger partial charge in [-0.3, -0.25) is 9.69 Å². The third kappa shape index (κ3) is 4.43. The third-order valence-corrected chi connectivity index (χ3v) is 5.46. The topological polar surface area (TPSA) is 48.7 Å². The van der Waals surface area contributed by atoms with Gasteiger partial charge in [-0.25, -0.2) is 0 Å². The van der Waals surface area contributed by atoms with E-state index < -0.39 is 5.60 Å². The molecule has 1 N–H and O–H groups in total. The summed E-state index contributed by atoms with van der Waals surface area (Å²) in [5.41, 5.74) is 2.95. The summed E-state index contributed by atoms with van der Waals surface area (Å²) < 4.78 is 2.08. The average molecular weight is 390 g/mol. The van der Waals surface area contributed by atoms with Gasteiger partial charge in [-0.2, -0.15) is 0 Å². The number of carbonyl (C=O) groups is 1. The van der Waals surface area contributed by atoms with E-state index in [1.165, 1.54) is 0 Å². The first kappa shape index (κ1) is 20.1. The van der Waals surface area contributed by atoms with Crippen molar-refractivity contribution in [3.8, 4) is 5.69 Å². The minimum absolute atomic E-state index is 0.0948. The Balaban J connectivity index is 1.75. The van der Waals surface area contributed by atoms with Gasteiger partial charge < -0.3 is 14.6 Å². The van der Waals surface area contributed by atoms with E-state index in [-0.39, 0.29) is 5.78 Å². The number of aliphatic hydroxyl groups is 1.